The second kappa shape index (κ2) is 3.82. The van der Waals surface area contributed by atoms with E-state index in [0.717, 1.165) is 13.1 Å². The Morgan fingerprint density at radius 2 is 2.13 bits per heavy atom. The molecule has 0 aromatic carbocycles. The Bertz CT molecular complexity index is 359. The van der Waals surface area contributed by atoms with Gasteiger partial charge >= 0.3 is 5.97 Å². The van der Waals surface area contributed by atoms with Crippen LogP contribution >= 0.6 is 0 Å². The summed E-state index contributed by atoms with van der Waals surface area (Å²) in [5.41, 5.74) is 5.99. The highest BCUT2D eigenvalue weighted by atomic mass is 16.5. The zero-order valence-electron chi connectivity index (χ0n) is 8.38. The summed E-state index contributed by atoms with van der Waals surface area (Å²) in [4.78, 5) is 21.2. The largest absolute Gasteiger partial charge is 0.465 e. The molecule has 0 saturated carbocycles. The lowest BCUT2D eigenvalue weighted by molar-refractivity contribution is 0.0600. The third-order valence-corrected chi connectivity index (χ3v) is 2.25. The Balaban J connectivity index is 2.07. The number of esters is 1. The summed E-state index contributed by atoms with van der Waals surface area (Å²) in [6, 6.07) is 0.203. The second-order valence-electron chi connectivity index (χ2n) is 3.43. The van der Waals surface area contributed by atoms with Crippen molar-refractivity contribution >= 4 is 11.9 Å². The van der Waals surface area contributed by atoms with E-state index in [1.54, 1.807) is 0 Å². The van der Waals surface area contributed by atoms with Crippen molar-refractivity contribution in [1.82, 2.24) is 9.97 Å². The molecule has 1 aromatic heterocycles. The minimum atomic E-state index is -0.429. The molecule has 15 heavy (non-hydrogen) atoms. The summed E-state index contributed by atoms with van der Waals surface area (Å²) in [7, 11) is 1.32. The lowest BCUT2D eigenvalue weighted by Gasteiger charge is -2.36. The summed E-state index contributed by atoms with van der Waals surface area (Å²) in [5, 5.41) is 0. The molecule has 80 valence electrons. The second-order valence-corrected chi connectivity index (χ2v) is 3.43. The Hall–Kier alpha value is -1.69. The third kappa shape index (κ3) is 1.89. The van der Waals surface area contributed by atoms with E-state index in [1.807, 2.05) is 4.90 Å². The van der Waals surface area contributed by atoms with Gasteiger partial charge < -0.3 is 15.4 Å². The van der Waals surface area contributed by atoms with Gasteiger partial charge in [0.1, 0.15) is 0 Å². The molecule has 0 atom stereocenters. The zero-order valence-corrected chi connectivity index (χ0v) is 8.38. The molecule has 0 amide bonds. The van der Waals surface area contributed by atoms with E-state index in [0.29, 0.717) is 11.5 Å². The maximum absolute atomic E-state index is 11.1. The first kappa shape index (κ1) is 9.85. The van der Waals surface area contributed by atoms with Gasteiger partial charge in [-0.25, -0.2) is 14.8 Å². The van der Waals surface area contributed by atoms with Crippen LogP contribution in [0.4, 0.5) is 5.95 Å². The highest BCUT2D eigenvalue weighted by Crippen LogP contribution is 2.14. The average Bonchev–Trinajstić information content (AvgIpc) is 2.24. The predicted octanol–water partition coefficient (Wildman–Crippen LogP) is -0.590. The Labute approximate surface area is 87.1 Å². The molecule has 1 aromatic rings. The minimum absolute atomic E-state index is 0.203. The van der Waals surface area contributed by atoms with E-state index in [9.17, 15) is 4.79 Å². The number of rotatable bonds is 2. The van der Waals surface area contributed by atoms with E-state index in [2.05, 4.69) is 14.7 Å². The van der Waals surface area contributed by atoms with Gasteiger partial charge in [0.15, 0.2) is 0 Å². The van der Waals surface area contributed by atoms with E-state index >= 15 is 0 Å². The number of nitrogens with two attached hydrogens (primary N) is 1. The molecule has 6 nitrogen and oxygen atoms in total. The normalized spacial score (nSPS) is 16.0. The number of carbonyl (C=O) groups is 1. The molecular formula is C9H12N4O2. The SMILES string of the molecule is COC(=O)c1cnc(N2CC(N)C2)nc1. The van der Waals surface area contributed by atoms with Gasteiger partial charge in [-0.05, 0) is 0 Å². The number of aromatic nitrogens is 2. The van der Waals surface area contributed by atoms with E-state index < -0.39 is 5.97 Å². The van der Waals surface area contributed by atoms with Crippen molar-refractivity contribution in [2.45, 2.75) is 6.04 Å². The fraction of sp³-hybridized carbons (Fsp3) is 0.444. The van der Waals surface area contributed by atoms with Gasteiger partial charge in [0.05, 0.1) is 12.7 Å². The molecule has 2 rings (SSSR count). The highest BCUT2D eigenvalue weighted by Gasteiger charge is 2.25. The van der Waals surface area contributed by atoms with E-state index in [4.69, 9.17) is 5.73 Å². The highest BCUT2D eigenvalue weighted by molar-refractivity contribution is 5.88. The van der Waals surface area contributed by atoms with Crippen LogP contribution in [0, 0.1) is 0 Å². The fourth-order valence-corrected chi connectivity index (χ4v) is 1.38. The molecular weight excluding hydrogens is 196 g/mol. The summed E-state index contributed by atoms with van der Waals surface area (Å²) in [6.07, 6.45) is 2.91. The molecule has 2 N–H and O–H groups in total. The van der Waals surface area contributed by atoms with Crippen LogP contribution in [-0.2, 0) is 4.74 Å². The Kier molecular flexibility index (Phi) is 2.51. The van der Waals surface area contributed by atoms with E-state index in [1.165, 1.54) is 19.5 Å². The van der Waals surface area contributed by atoms with Gasteiger partial charge in [-0.2, -0.15) is 0 Å². The summed E-state index contributed by atoms with van der Waals surface area (Å²) < 4.78 is 4.54. The maximum atomic E-state index is 11.1. The van der Waals surface area contributed by atoms with Crippen LogP contribution in [0.15, 0.2) is 12.4 Å². The van der Waals surface area contributed by atoms with Gasteiger partial charge in [0.2, 0.25) is 5.95 Å². The lowest BCUT2D eigenvalue weighted by atomic mass is 10.1. The topological polar surface area (TPSA) is 81.3 Å². The predicted molar refractivity (Wildman–Crippen MR) is 53.6 cm³/mol. The van der Waals surface area contributed by atoms with Crippen LogP contribution in [0.3, 0.4) is 0 Å². The summed E-state index contributed by atoms with van der Waals surface area (Å²) in [5.74, 6) is 0.172. The van der Waals surface area contributed by atoms with Crippen molar-refractivity contribution in [3.8, 4) is 0 Å². The van der Waals surface area contributed by atoms with Crippen LogP contribution in [0.1, 0.15) is 10.4 Å². The van der Waals surface area contributed by atoms with Crippen LogP contribution in [0.25, 0.3) is 0 Å². The lowest BCUT2D eigenvalue weighted by Crippen LogP contribution is -2.56. The van der Waals surface area contributed by atoms with Crippen molar-refractivity contribution in [2.75, 3.05) is 25.1 Å². The molecule has 0 bridgehead atoms. The zero-order chi connectivity index (χ0) is 10.8. The van der Waals surface area contributed by atoms with E-state index in [-0.39, 0.29) is 6.04 Å². The smallest absolute Gasteiger partial charge is 0.341 e. The summed E-state index contributed by atoms with van der Waals surface area (Å²) in [6.45, 7) is 1.52. The number of carbonyl (C=O) groups excluding carboxylic acids is 1. The molecule has 1 aliphatic rings. The van der Waals surface area contributed by atoms with Crippen molar-refractivity contribution in [3.63, 3.8) is 0 Å². The number of anilines is 1. The van der Waals surface area contributed by atoms with Crippen LogP contribution in [-0.4, -0.2) is 42.2 Å². The Morgan fingerprint density at radius 1 is 1.53 bits per heavy atom. The standard InChI is InChI=1S/C9H12N4O2/c1-15-8(14)6-2-11-9(12-3-6)13-4-7(10)5-13/h2-3,7H,4-5,10H2,1H3. The van der Waals surface area contributed by atoms with Gasteiger partial charge in [-0.15, -0.1) is 0 Å². The van der Waals surface area contributed by atoms with Crippen LogP contribution in [0.5, 0.6) is 0 Å². The van der Waals surface area contributed by atoms with Crippen molar-refractivity contribution in [3.05, 3.63) is 18.0 Å². The minimum Gasteiger partial charge on any atom is -0.465 e. The first-order valence-corrected chi connectivity index (χ1v) is 4.61. The summed E-state index contributed by atoms with van der Waals surface area (Å²) >= 11 is 0. The molecule has 6 heteroatoms. The molecule has 2 heterocycles. The number of nitrogens with zero attached hydrogens (tertiary/aromatic N) is 3. The maximum Gasteiger partial charge on any atom is 0.341 e. The first-order valence-electron chi connectivity index (χ1n) is 4.61. The number of hydrogen-bond donors (Lipinski definition) is 1. The van der Waals surface area contributed by atoms with Gasteiger partial charge in [0, 0.05) is 31.5 Å². The molecule has 0 spiro atoms. The van der Waals surface area contributed by atoms with Gasteiger partial charge in [0.25, 0.3) is 0 Å². The molecule has 0 unspecified atom stereocenters. The molecule has 0 radical (unpaired) electrons. The molecule has 1 saturated heterocycles. The van der Waals surface area contributed by atoms with Crippen molar-refractivity contribution < 1.29 is 9.53 Å². The van der Waals surface area contributed by atoms with Crippen LogP contribution in [0.2, 0.25) is 0 Å². The number of methoxy groups -OCH3 is 1. The molecule has 1 fully saturated rings. The van der Waals surface area contributed by atoms with Crippen molar-refractivity contribution in [2.24, 2.45) is 5.73 Å². The first-order chi connectivity index (χ1) is 7.20. The quantitative estimate of drug-likeness (QED) is 0.654. The van der Waals surface area contributed by atoms with Crippen LogP contribution < -0.4 is 10.6 Å². The Morgan fingerprint density at radius 3 is 2.60 bits per heavy atom. The molecule has 1 aliphatic heterocycles. The monoisotopic (exact) mass is 208 g/mol. The third-order valence-electron chi connectivity index (χ3n) is 2.25. The number of hydrogen-bond acceptors (Lipinski definition) is 6. The number of ether oxygens (including phenoxy) is 1. The van der Waals surface area contributed by atoms with Gasteiger partial charge in [-0.3, -0.25) is 0 Å². The fourth-order valence-electron chi connectivity index (χ4n) is 1.38. The van der Waals surface area contributed by atoms with Crippen molar-refractivity contribution in [1.29, 1.82) is 0 Å². The van der Waals surface area contributed by atoms with Gasteiger partial charge in [-0.1, -0.05) is 0 Å². The molecule has 0 aliphatic carbocycles. The average molecular weight is 208 g/mol.